The standard InChI is InChI=1S/C20H22FNO4/c1-2-25-19(24)20(12-4-3-5-13-20)22-18(23)17-11-10-16(26-17)14-6-8-15(21)9-7-14/h6-11H,2-5,12-13H2,1H3,(H,22,23). The molecule has 1 amide bonds. The maximum absolute atomic E-state index is 13.0. The second kappa shape index (κ2) is 7.72. The second-order valence-corrected chi connectivity index (χ2v) is 6.49. The molecule has 1 heterocycles. The molecule has 0 spiro atoms. The Morgan fingerprint density at radius 1 is 1.12 bits per heavy atom. The van der Waals surface area contributed by atoms with Crippen molar-refractivity contribution in [1.29, 1.82) is 0 Å². The third-order valence-corrected chi connectivity index (χ3v) is 4.68. The summed E-state index contributed by atoms with van der Waals surface area (Å²) in [6, 6.07) is 9.02. The van der Waals surface area contributed by atoms with E-state index in [1.807, 2.05) is 0 Å². The topological polar surface area (TPSA) is 68.5 Å². The van der Waals surface area contributed by atoms with E-state index in [0.717, 1.165) is 19.3 Å². The Balaban J connectivity index is 1.78. The molecule has 2 aromatic rings. The Bertz CT molecular complexity index is 775. The van der Waals surface area contributed by atoms with Crippen molar-refractivity contribution in [3.05, 3.63) is 48.0 Å². The highest BCUT2D eigenvalue weighted by Crippen LogP contribution is 2.30. The Hall–Kier alpha value is -2.63. The molecule has 1 aromatic carbocycles. The number of benzene rings is 1. The zero-order chi connectivity index (χ0) is 18.6. The summed E-state index contributed by atoms with van der Waals surface area (Å²) in [6.07, 6.45) is 3.87. The average molecular weight is 359 g/mol. The van der Waals surface area contributed by atoms with Crippen LogP contribution in [0.25, 0.3) is 11.3 Å². The largest absolute Gasteiger partial charge is 0.464 e. The fourth-order valence-electron chi connectivity index (χ4n) is 3.31. The summed E-state index contributed by atoms with van der Waals surface area (Å²) < 4.78 is 23.8. The smallest absolute Gasteiger partial charge is 0.331 e. The molecule has 1 N–H and O–H groups in total. The molecule has 5 nitrogen and oxygen atoms in total. The fourth-order valence-corrected chi connectivity index (χ4v) is 3.31. The summed E-state index contributed by atoms with van der Waals surface area (Å²) in [5.74, 6) is -0.610. The first kappa shape index (κ1) is 18.2. The number of ether oxygens (including phenoxy) is 1. The van der Waals surface area contributed by atoms with E-state index in [1.54, 1.807) is 31.2 Å². The van der Waals surface area contributed by atoms with Crippen molar-refractivity contribution in [2.24, 2.45) is 0 Å². The lowest BCUT2D eigenvalue weighted by atomic mass is 9.81. The molecule has 0 radical (unpaired) electrons. The van der Waals surface area contributed by atoms with E-state index in [1.165, 1.54) is 12.1 Å². The number of furan rings is 1. The van der Waals surface area contributed by atoms with Gasteiger partial charge in [-0.15, -0.1) is 0 Å². The molecule has 3 rings (SSSR count). The minimum Gasteiger partial charge on any atom is -0.464 e. The minimum atomic E-state index is -0.992. The summed E-state index contributed by atoms with van der Waals surface area (Å²) in [7, 11) is 0. The van der Waals surface area contributed by atoms with Crippen LogP contribution in [0.2, 0.25) is 0 Å². The number of rotatable bonds is 5. The monoisotopic (exact) mass is 359 g/mol. The molecule has 1 aromatic heterocycles. The number of hydrogen-bond donors (Lipinski definition) is 1. The lowest BCUT2D eigenvalue weighted by Gasteiger charge is -2.35. The van der Waals surface area contributed by atoms with Crippen molar-refractivity contribution in [3.8, 4) is 11.3 Å². The Kier molecular flexibility index (Phi) is 5.40. The number of halogens is 1. The molecular formula is C20H22FNO4. The van der Waals surface area contributed by atoms with Gasteiger partial charge in [-0.25, -0.2) is 9.18 Å². The van der Waals surface area contributed by atoms with Gasteiger partial charge in [-0.2, -0.15) is 0 Å². The Morgan fingerprint density at radius 2 is 1.81 bits per heavy atom. The van der Waals surface area contributed by atoms with E-state index in [4.69, 9.17) is 9.15 Å². The van der Waals surface area contributed by atoms with E-state index < -0.39 is 17.4 Å². The zero-order valence-electron chi connectivity index (χ0n) is 14.7. The van der Waals surface area contributed by atoms with Gasteiger partial charge in [0, 0.05) is 5.56 Å². The van der Waals surface area contributed by atoms with E-state index in [9.17, 15) is 14.0 Å². The molecule has 1 aliphatic carbocycles. The highest BCUT2D eigenvalue weighted by molar-refractivity contribution is 5.96. The van der Waals surface area contributed by atoms with Gasteiger partial charge >= 0.3 is 5.97 Å². The molecule has 26 heavy (non-hydrogen) atoms. The van der Waals surface area contributed by atoms with Crippen molar-refractivity contribution >= 4 is 11.9 Å². The van der Waals surface area contributed by atoms with Crippen molar-refractivity contribution < 1.29 is 23.1 Å². The van der Waals surface area contributed by atoms with Crippen molar-refractivity contribution in [1.82, 2.24) is 5.32 Å². The molecule has 1 aliphatic rings. The SMILES string of the molecule is CCOC(=O)C1(NC(=O)c2ccc(-c3ccc(F)cc3)o2)CCCCC1. The van der Waals surface area contributed by atoms with Crippen LogP contribution in [0.1, 0.15) is 49.6 Å². The van der Waals surface area contributed by atoms with Gasteiger partial charge in [-0.3, -0.25) is 4.79 Å². The highest BCUT2D eigenvalue weighted by atomic mass is 19.1. The number of esters is 1. The van der Waals surface area contributed by atoms with Crippen LogP contribution in [0.15, 0.2) is 40.8 Å². The molecule has 0 aliphatic heterocycles. The Morgan fingerprint density at radius 3 is 2.46 bits per heavy atom. The predicted octanol–water partition coefficient (Wildman–Crippen LogP) is 4.08. The van der Waals surface area contributed by atoms with Crippen LogP contribution < -0.4 is 5.32 Å². The number of hydrogen-bond acceptors (Lipinski definition) is 4. The lowest BCUT2D eigenvalue weighted by Crippen LogP contribution is -2.56. The summed E-state index contributed by atoms with van der Waals surface area (Å²) in [4.78, 5) is 25.1. The van der Waals surface area contributed by atoms with Crippen LogP contribution in [0.3, 0.4) is 0 Å². The van der Waals surface area contributed by atoms with E-state index in [0.29, 0.717) is 24.2 Å². The van der Waals surface area contributed by atoms with Crippen molar-refractivity contribution in [2.45, 2.75) is 44.6 Å². The molecule has 0 unspecified atom stereocenters. The first-order valence-electron chi connectivity index (χ1n) is 8.89. The van der Waals surface area contributed by atoms with Gasteiger partial charge < -0.3 is 14.5 Å². The van der Waals surface area contributed by atoms with Crippen LogP contribution >= 0.6 is 0 Å². The predicted molar refractivity (Wildman–Crippen MR) is 94.0 cm³/mol. The van der Waals surface area contributed by atoms with E-state index in [-0.39, 0.29) is 18.2 Å². The number of carbonyl (C=O) groups excluding carboxylic acids is 2. The van der Waals surface area contributed by atoms with Gasteiger partial charge in [0.15, 0.2) is 5.76 Å². The zero-order valence-corrected chi connectivity index (χ0v) is 14.7. The van der Waals surface area contributed by atoms with Gasteiger partial charge in [0.1, 0.15) is 17.1 Å². The van der Waals surface area contributed by atoms with E-state index >= 15 is 0 Å². The van der Waals surface area contributed by atoms with Gasteiger partial charge in [0.05, 0.1) is 6.61 Å². The summed E-state index contributed by atoms with van der Waals surface area (Å²) in [5, 5.41) is 2.84. The van der Waals surface area contributed by atoms with Crippen LogP contribution in [0, 0.1) is 5.82 Å². The summed E-state index contributed by atoms with van der Waals surface area (Å²) in [5.41, 5.74) is -0.322. The third kappa shape index (κ3) is 3.79. The van der Waals surface area contributed by atoms with Gasteiger partial charge in [0.2, 0.25) is 0 Å². The van der Waals surface area contributed by atoms with Crippen LogP contribution in [-0.4, -0.2) is 24.0 Å². The lowest BCUT2D eigenvalue weighted by molar-refractivity contribution is -0.152. The number of carbonyl (C=O) groups is 2. The van der Waals surface area contributed by atoms with E-state index in [2.05, 4.69) is 5.32 Å². The normalized spacial score (nSPS) is 16.1. The first-order chi connectivity index (χ1) is 12.5. The molecule has 1 saturated carbocycles. The van der Waals surface area contributed by atoms with Crippen LogP contribution in [0.4, 0.5) is 4.39 Å². The highest BCUT2D eigenvalue weighted by Gasteiger charge is 2.42. The van der Waals surface area contributed by atoms with Crippen molar-refractivity contribution in [3.63, 3.8) is 0 Å². The maximum atomic E-state index is 13.0. The van der Waals surface area contributed by atoms with Gasteiger partial charge in [0.25, 0.3) is 5.91 Å². The summed E-state index contributed by atoms with van der Waals surface area (Å²) >= 11 is 0. The Labute approximate surface area is 151 Å². The molecule has 0 atom stereocenters. The third-order valence-electron chi connectivity index (χ3n) is 4.68. The average Bonchev–Trinajstić information content (AvgIpc) is 3.13. The van der Waals surface area contributed by atoms with Gasteiger partial charge in [-0.05, 0) is 56.2 Å². The molecule has 0 saturated heterocycles. The van der Waals surface area contributed by atoms with Gasteiger partial charge in [-0.1, -0.05) is 19.3 Å². The number of nitrogens with one attached hydrogen (secondary N) is 1. The minimum absolute atomic E-state index is 0.110. The first-order valence-corrected chi connectivity index (χ1v) is 8.89. The molecular weight excluding hydrogens is 337 g/mol. The second-order valence-electron chi connectivity index (χ2n) is 6.49. The van der Waals surface area contributed by atoms with Crippen molar-refractivity contribution in [2.75, 3.05) is 6.61 Å². The number of amides is 1. The maximum Gasteiger partial charge on any atom is 0.331 e. The van der Waals surface area contributed by atoms with Crippen LogP contribution in [-0.2, 0) is 9.53 Å². The quantitative estimate of drug-likeness (QED) is 0.817. The fraction of sp³-hybridized carbons (Fsp3) is 0.400. The van der Waals surface area contributed by atoms with Crippen LogP contribution in [0.5, 0.6) is 0 Å². The molecule has 1 fully saturated rings. The summed E-state index contributed by atoms with van der Waals surface area (Å²) in [6.45, 7) is 2.02. The molecule has 138 valence electrons. The molecule has 6 heteroatoms. The molecule has 0 bridgehead atoms.